The number of carboxylic acids is 1. The van der Waals surface area contributed by atoms with Gasteiger partial charge in [0.2, 0.25) is 5.75 Å². The molecule has 0 atom stereocenters. The first-order chi connectivity index (χ1) is 8.01. The van der Waals surface area contributed by atoms with E-state index in [2.05, 4.69) is 0 Å². The maximum Gasteiger partial charge on any atom is 0.336 e. The van der Waals surface area contributed by atoms with Gasteiger partial charge in [0.1, 0.15) is 0 Å². The van der Waals surface area contributed by atoms with Crippen LogP contribution in [0.15, 0.2) is 12.1 Å². The summed E-state index contributed by atoms with van der Waals surface area (Å²) in [5.74, 6) is -1.31. The van der Waals surface area contributed by atoms with Gasteiger partial charge in [-0.05, 0) is 13.0 Å². The van der Waals surface area contributed by atoms with Crippen LogP contribution in [0.2, 0.25) is 0 Å². The van der Waals surface area contributed by atoms with Crippen molar-refractivity contribution in [2.75, 3.05) is 13.7 Å². The third-order valence-electron chi connectivity index (χ3n) is 1.99. The summed E-state index contributed by atoms with van der Waals surface area (Å²) in [5.41, 5.74) is -0.652. The molecular weight excluding hydrogens is 230 g/mol. The fourth-order valence-corrected chi connectivity index (χ4v) is 1.29. The zero-order valence-corrected chi connectivity index (χ0v) is 9.30. The molecule has 0 saturated heterocycles. The molecule has 7 nitrogen and oxygen atoms in total. The highest BCUT2D eigenvalue weighted by Gasteiger charge is 2.23. The van der Waals surface area contributed by atoms with Crippen molar-refractivity contribution in [3.05, 3.63) is 27.8 Å². The number of benzene rings is 1. The molecule has 1 aromatic rings. The number of carbonyl (C=O) groups is 1. The van der Waals surface area contributed by atoms with E-state index >= 15 is 0 Å². The maximum atomic E-state index is 10.8. The SMILES string of the molecule is CCOc1c(OC)cc(C(=O)O)cc1[N+](=O)[O-]. The van der Waals surface area contributed by atoms with E-state index in [9.17, 15) is 14.9 Å². The van der Waals surface area contributed by atoms with Crippen LogP contribution in [0.25, 0.3) is 0 Å². The number of aromatic carboxylic acids is 1. The van der Waals surface area contributed by atoms with Crippen LogP contribution in [0.3, 0.4) is 0 Å². The second kappa shape index (κ2) is 5.15. The third-order valence-corrected chi connectivity index (χ3v) is 1.99. The molecule has 17 heavy (non-hydrogen) atoms. The van der Waals surface area contributed by atoms with Crippen molar-refractivity contribution < 1.29 is 24.3 Å². The Labute approximate surface area is 96.7 Å². The summed E-state index contributed by atoms with van der Waals surface area (Å²) in [6, 6.07) is 2.12. The van der Waals surface area contributed by atoms with Gasteiger partial charge < -0.3 is 14.6 Å². The molecule has 1 rings (SSSR count). The fraction of sp³-hybridized carbons (Fsp3) is 0.300. The minimum Gasteiger partial charge on any atom is -0.493 e. The van der Waals surface area contributed by atoms with Gasteiger partial charge in [-0.2, -0.15) is 0 Å². The van der Waals surface area contributed by atoms with E-state index in [0.717, 1.165) is 6.07 Å². The lowest BCUT2D eigenvalue weighted by atomic mass is 10.1. The number of methoxy groups -OCH3 is 1. The monoisotopic (exact) mass is 241 g/mol. The fourth-order valence-electron chi connectivity index (χ4n) is 1.29. The largest absolute Gasteiger partial charge is 0.493 e. The molecule has 0 radical (unpaired) electrons. The molecule has 0 saturated carbocycles. The van der Waals surface area contributed by atoms with Gasteiger partial charge in [0.15, 0.2) is 5.75 Å². The number of carboxylic acid groups (broad SMARTS) is 1. The zero-order valence-electron chi connectivity index (χ0n) is 9.30. The van der Waals surface area contributed by atoms with Crippen molar-refractivity contribution in [2.45, 2.75) is 6.92 Å². The van der Waals surface area contributed by atoms with Crippen LogP contribution in [-0.2, 0) is 0 Å². The number of nitro groups is 1. The van der Waals surface area contributed by atoms with Gasteiger partial charge in [-0.25, -0.2) is 4.79 Å². The van der Waals surface area contributed by atoms with Crippen molar-refractivity contribution in [1.82, 2.24) is 0 Å². The van der Waals surface area contributed by atoms with Crippen molar-refractivity contribution in [3.8, 4) is 11.5 Å². The second-order valence-corrected chi connectivity index (χ2v) is 3.02. The minimum absolute atomic E-state index is 0.0263. The smallest absolute Gasteiger partial charge is 0.336 e. The number of hydrogen-bond acceptors (Lipinski definition) is 5. The molecule has 1 aromatic carbocycles. The number of hydrogen-bond donors (Lipinski definition) is 1. The summed E-state index contributed by atoms with van der Waals surface area (Å²) in [6.07, 6.45) is 0. The van der Waals surface area contributed by atoms with Crippen LogP contribution in [0.4, 0.5) is 5.69 Å². The summed E-state index contributed by atoms with van der Waals surface area (Å²) in [7, 11) is 1.28. The molecule has 0 spiro atoms. The van der Waals surface area contributed by atoms with Crippen LogP contribution >= 0.6 is 0 Å². The van der Waals surface area contributed by atoms with Gasteiger partial charge in [-0.15, -0.1) is 0 Å². The lowest BCUT2D eigenvalue weighted by Crippen LogP contribution is -2.04. The van der Waals surface area contributed by atoms with E-state index in [0.29, 0.717) is 0 Å². The van der Waals surface area contributed by atoms with Crippen LogP contribution < -0.4 is 9.47 Å². The van der Waals surface area contributed by atoms with Gasteiger partial charge in [-0.1, -0.05) is 0 Å². The summed E-state index contributed by atoms with van der Waals surface area (Å²) >= 11 is 0. The molecule has 0 aliphatic heterocycles. The van der Waals surface area contributed by atoms with Crippen molar-refractivity contribution >= 4 is 11.7 Å². The summed E-state index contributed by atoms with van der Waals surface area (Å²) in [5, 5.41) is 19.6. The number of nitrogens with zero attached hydrogens (tertiary/aromatic N) is 1. The molecule has 92 valence electrons. The molecule has 0 bridgehead atoms. The van der Waals surface area contributed by atoms with E-state index in [-0.39, 0.29) is 23.7 Å². The van der Waals surface area contributed by atoms with Crippen molar-refractivity contribution in [1.29, 1.82) is 0 Å². The van der Waals surface area contributed by atoms with Crippen LogP contribution in [0.5, 0.6) is 11.5 Å². The standard InChI is InChI=1S/C10H11NO6/c1-3-17-9-7(11(14)15)4-6(10(12)13)5-8(9)16-2/h4-5H,3H2,1-2H3,(H,12,13). The average Bonchev–Trinajstić information content (AvgIpc) is 2.28. The summed E-state index contributed by atoms with van der Waals surface area (Å²) < 4.78 is 9.98. The van der Waals surface area contributed by atoms with E-state index in [4.69, 9.17) is 14.6 Å². The molecule has 0 unspecified atom stereocenters. The molecule has 0 amide bonds. The highest BCUT2D eigenvalue weighted by Crippen LogP contribution is 2.38. The molecule has 1 N–H and O–H groups in total. The van der Waals surface area contributed by atoms with Crippen molar-refractivity contribution in [2.24, 2.45) is 0 Å². The Balaban J connectivity index is 3.45. The summed E-state index contributed by atoms with van der Waals surface area (Å²) in [4.78, 5) is 20.9. The minimum atomic E-state index is -1.27. The Morgan fingerprint density at radius 1 is 1.53 bits per heavy atom. The Bertz CT molecular complexity index is 456. The predicted octanol–water partition coefficient (Wildman–Crippen LogP) is 1.70. The molecule has 0 aliphatic carbocycles. The molecule has 0 aromatic heterocycles. The Hall–Kier alpha value is -2.31. The average molecular weight is 241 g/mol. The summed E-state index contributed by atoms with van der Waals surface area (Å²) in [6.45, 7) is 1.87. The first-order valence-corrected chi connectivity index (χ1v) is 4.73. The normalized spacial score (nSPS) is 9.76. The van der Waals surface area contributed by atoms with Gasteiger partial charge in [0.05, 0.1) is 24.2 Å². The number of ether oxygens (including phenoxy) is 2. The second-order valence-electron chi connectivity index (χ2n) is 3.02. The first kappa shape index (κ1) is 12.8. The van der Waals surface area contributed by atoms with Crippen LogP contribution in [0.1, 0.15) is 17.3 Å². The molecule has 0 fully saturated rings. The highest BCUT2D eigenvalue weighted by atomic mass is 16.6. The molecular formula is C10H11NO6. The molecule has 0 heterocycles. The van der Waals surface area contributed by atoms with Gasteiger partial charge in [-0.3, -0.25) is 10.1 Å². The van der Waals surface area contributed by atoms with Gasteiger partial charge in [0, 0.05) is 6.07 Å². The molecule has 0 aliphatic rings. The predicted molar refractivity (Wildman–Crippen MR) is 57.8 cm³/mol. The topological polar surface area (TPSA) is 98.9 Å². The Morgan fingerprint density at radius 3 is 2.59 bits per heavy atom. The first-order valence-electron chi connectivity index (χ1n) is 4.73. The van der Waals surface area contributed by atoms with E-state index in [1.165, 1.54) is 13.2 Å². The van der Waals surface area contributed by atoms with Crippen molar-refractivity contribution in [3.63, 3.8) is 0 Å². The van der Waals surface area contributed by atoms with E-state index in [1.807, 2.05) is 0 Å². The van der Waals surface area contributed by atoms with E-state index < -0.39 is 16.6 Å². The highest BCUT2D eigenvalue weighted by molar-refractivity contribution is 5.90. The third kappa shape index (κ3) is 2.63. The lowest BCUT2D eigenvalue weighted by Gasteiger charge is -2.10. The Kier molecular flexibility index (Phi) is 3.86. The molecule has 7 heteroatoms. The zero-order chi connectivity index (χ0) is 13.0. The quantitative estimate of drug-likeness (QED) is 0.622. The van der Waals surface area contributed by atoms with Gasteiger partial charge in [0.25, 0.3) is 0 Å². The maximum absolute atomic E-state index is 10.8. The Morgan fingerprint density at radius 2 is 2.18 bits per heavy atom. The van der Waals surface area contributed by atoms with E-state index in [1.54, 1.807) is 6.92 Å². The number of rotatable bonds is 5. The number of nitro benzene ring substituents is 1. The lowest BCUT2D eigenvalue weighted by molar-refractivity contribution is -0.386. The van der Waals surface area contributed by atoms with Crippen LogP contribution in [-0.4, -0.2) is 29.7 Å². The van der Waals surface area contributed by atoms with Gasteiger partial charge >= 0.3 is 11.7 Å². The van der Waals surface area contributed by atoms with Crippen LogP contribution in [0, 0.1) is 10.1 Å².